The summed E-state index contributed by atoms with van der Waals surface area (Å²) in [6.45, 7) is 2.12. The fourth-order valence-corrected chi connectivity index (χ4v) is 6.15. The maximum absolute atomic E-state index is 14.2. The topological polar surface area (TPSA) is 141 Å². The lowest BCUT2D eigenvalue weighted by atomic mass is 10.2. The van der Waals surface area contributed by atoms with Gasteiger partial charge in [-0.1, -0.05) is 23.5 Å². The molecule has 0 bridgehead atoms. The van der Waals surface area contributed by atoms with Gasteiger partial charge < -0.3 is 16.4 Å². The Hall–Kier alpha value is -4.49. The van der Waals surface area contributed by atoms with E-state index in [1.165, 1.54) is 39.5 Å². The number of carbonyl (C=O) groups is 1. The molecule has 0 saturated carbocycles. The minimum absolute atomic E-state index is 0.213. The molecule has 2 atom stereocenters. The van der Waals surface area contributed by atoms with Crippen LogP contribution in [-0.2, 0) is 11.3 Å². The maximum atomic E-state index is 14.2. The van der Waals surface area contributed by atoms with Crippen LogP contribution in [-0.4, -0.2) is 30.6 Å². The summed E-state index contributed by atoms with van der Waals surface area (Å²) in [5.41, 5.74) is 5.95. The van der Waals surface area contributed by atoms with E-state index in [1.54, 1.807) is 42.6 Å². The number of hydrogen-bond donors (Lipinski definition) is 3. The van der Waals surface area contributed by atoms with E-state index in [4.69, 9.17) is 5.73 Å². The number of anilines is 2. The van der Waals surface area contributed by atoms with Crippen molar-refractivity contribution in [2.75, 3.05) is 11.1 Å². The smallest absolute Gasteiger partial charge is 0.278 e. The molecule has 39 heavy (non-hydrogen) atoms. The monoisotopic (exact) mass is 560 g/mol. The van der Waals surface area contributed by atoms with Gasteiger partial charge in [0.05, 0.1) is 18.8 Å². The van der Waals surface area contributed by atoms with Crippen LogP contribution in [0.15, 0.2) is 59.7 Å². The van der Waals surface area contributed by atoms with E-state index in [1.807, 2.05) is 13.0 Å². The van der Waals surface area contributed by atoms with Crippen molar-refractivity contribution >= 4 is 56.2 Å². The number of rotatable bonds is 7. The molecular weight excluding hydrogens is 539 g/mol. The number of nitrogens with zero attached hydrogens (tertiary/aromatic N) is 5. The zero-order chi connectivity index (χ0) is 27.1. The number of nitrogen functional groups attached to an aromatic ring is 1. The summed E-state index contributed by atoms with van der Waals surface area (Å²) in [5.74, 6) is 0.120. The number of nitrogens with one attached hydrogen (secondary N) is 2. The third kappa shape index (κ3) is 4.77. The summed E-state index contributed by atoms with van der Waals surface area (Å²) < 4.78 is 16.5. The summed E-state index contributed by atoms with van der Waals surface area (Å²) in [7, 11) is 0. The molecule has 10 nitrogen and oxygen atoms in total. The van der Waals surface area contributed by atoms with Crippen LogP contribution < -0.4 is 21.9 Å². The van der Waals surface area contributed by atoms with Crippen molar-refractivity contribution in [3.63, 3.8) is 0 Å². The number of thiophene rings is 1. The number of halogens is 1. The van der Waals surface area contributed by atoms with Crippen LogP contribution in [0, 0.1) is 5.82 Å². The standard InChI is InChI=1S/C26H21FN8O2S2/c1-13(24-33-34-25(39-24)16-4-2-3-5-17(16)27)32-18-12-30-22-7-6-19(35(22)26(18)37)23(36)31-11-15-8-14-10-29-21(28)9-20(14)38-15/h2-10,12-13,19,32H,11H2,1H3,(H2,28,29)(H,31,36)/t13-,19+/m1/s1. The molecule has 5 heterocycles. The van der Waals surface area contributed by atoms with Crippen molar-refractivity contribution in [3.05, 3.63) is 86.7 Å². The number of nitrogens with two attached hydrogens (primary N) is 1. The highest BCUT2D eigenvalue weighted by atomic mass is 32.1. The van der Waals surface area contributed by atoms with Crippen LogP contribution in [0.5, 0.6) is 0 Å². The fourth-order valence-electron chi connectivity index (χ4n) is 4.26. The average Bonchev–Trinajstić information content (AvgIpc) is 3.67. The van der Waals surface area contributed by atoms with Gasteiger partial charge in [-0.15, -0.1) is 21.5 Å². The molecule has 0 spiro atoms. The van der Waals surface area contributed by atoms with E-state index >= 15 is 0 Å². The van der Waals surface area contributed by atoms with Gasteiger partial charge in [0.1, 0.15) is 34.2 Å². The maximum Gasteiger partial charge on any atom is 0.278 e. The number of carbonyl (C=O) groups excluding carboxylic acids is 1. The number of benzene rings is 1. The van der Waals surface area contributed by atoms with Gasteiger partial charge in [0.25, 0.3) is 5.56 Å². The van der Waals surface area contributed by atoms with Gasteiger partial charge in [-0.2, -0.15) is 0 Å². The zero-order valence-corrected chi connectivity index (χ0v) is 22.1. The molecule has 0 fully saturated rings. The van der Waals surface area contributed by atoms with Gasteiger partial charge in [0.15, 0.2) is 5.01 Å². The fraction of sp³-hybridized carbons (Fsp3) is 0.154. The molecule has 1 aliphatic rings. The lowest BCUT2D eigenvalue weighted by molar-refractivity contribution is -0.123. The molecule has 5 aromatic rings. The second kappa shape index (κ2) is 10.0. The molecule has 0 radical (unpaired) electrons. The number of pyridine rings is 1. The highest BCUT2D eigenvalue weighted by Gasteiger charge is 2.27. The van der Waals surface area contributed by atoms with Crippen LogP contribution in [0.3, 0.4) is 0 Å². The molecule has 13 heteroatoms. The highest BCUT2D eigenvalue weighted by Crippen LogP contribution is 2.30. The van der Waals surface area contributed by atoms with Gasteiger partial charge in [-0.05, 0) is 43.3 Å². The van der Waals surface area contributed by atoms with Crippen molar-refractivity contribution < 1.29 is 9.18 Å². The van der Waals surface area contributed by atoms with E-state index in [2.05, 4.69) is 30.8 Å². The molecular formula is C26H21FN8O2S2. The molecule has 4 N–H and O–H groups in total. The summed E-state index contributed by atoms with van der Waals surface area (Å²) in [4.78, 5) is 35.8. The minimum Gasteiger partial charge on any atom is -0.384 e. The van der Waals surface area contributed by atoms with Crippen LogP contribution in [0.25, 0.3) is 26.7 Å². The minimum atomic E-state index is -0.835. The predicted molar refractivity (Wildman–Crippen MR) is 150 cm³/mol. The van der Waals surface area contributed by atoms with E-state index < -0.39 is 12.1 Å². The zero-order valence-electron chi connectivity index (χ0n) is 20.5. The first-order valence-corrected chi connectivity index (χ1v) is 13.6. The van der Waals surface area contributed by atoms with Crippen LogP contribution in [0.1, 0.15) is 34.7 Å². The van der Waals surface area contributed by atoms with Crippen molar-refractivity contribution in [2.24, 2.45) is 0 Å². The van der Waals surface area contributed by atoms with Gasteiger partial charge in [0.2, 0.25) is 5.91 Å². The van der Waals surface area contributed by atoms with Gasteiger partial charge in [0, 0.05) is 26.7 Å². The van der Waals surface area contributed by atoms with Crippen LogP contribution in [0.2, 0.25) is 0 Å². The van der Waals surface area contributed by atoms with Crippen LogP contribution >= 0.6 is 22.7 Å². The van der Waals surface area contributed by atoms with E-state index in [0.29, 0.717) is 33.8 Å². The Labute approximate surface area is 229 Å². The highest BCUT2D eigenvalue weighted by molar-refractivity contribution is 7.19. The van der Waals surface area contributed by atoms with Crippen molar-refractivity contribution in [1.29, 1.82) is 0 Å². The molecule has 1 aliphatic heterocycles. The Kier molecular flexibility index (Phi) is 6.37. The molecule has 1 amide bonds. The first kappa shape index (κ1) is 24.8. The Bertz CT molecular complexity index is 1810. The largest absolute Gasteiger partial charge is 0.384 e. The normalized spacial score (nSPS) is 14.9. The third-order valence-corrected chi connectivity index (χ3v) is 8.43. The average molecular weight is 561 g/mol. The third-order valence-electron chi connectivity index (χ3n) is 6.19. The summed E-state index contributed by atoms with van der Waals surface area (Å²) >= 11 is 2.75. The van der Waals surface area contributed by atoms with Crippen LogP contribution in [0.4, 0.5) is 15.9 Å². The lowest BCUT2D eigenvalue weighted by Crippen LogP contribution is -2.36. The summed E-state index contributed by atoms with van der Waals surface area (Å²) in [6.07, 6.45) is 6.43. The molecule has 6 rings (SSSR count). The second-order valence-corrected chi connectivity index (χ2v) is 11.1. The van der Waals surface area contributed by atoms with Crippen molar-refractivity contribution in [2.45, 2.75) is 25.6 Å². The summed E-state index contributed by atoms with van der Waals surface area (Å²) in [5, 5.41) is 16.3. The van der Waals surface area contributed by atoms with E-state index in [0.717, 1.165) is 15.0 Å². The number of hydrogen-bond acceptors (Lipinski definition) is 10. The lowest BCUT2D eigenvalue weighted by Gasteiger charge is -2.17. The first-order valence-electron chi connectivity index (χ1n) is 11.9. The second-order valence-electron chi connectivity index (χ2n) is 8.88. The van der Waals surface area contributed by atoms with Gasteiger partial charge in [-0.3, -0.25) is 14.2 Å². The summed E-state index contributed by atoms with van der Waals surface area (Å²) in [6, 6.07) is 8.85. The SMILES string of the molecule is C[C@@H](Nc1cnc2n(c1=O)[C@H](C(=O)NCc1cc3cnc(N)cc3s1)C=C2)c1nnc(-c2ccccc2F)s1. The predicted octanol–water partition coefficient (Wildman–Crippen LogP) is 4.15. The Morgan fingerprint density at radius 1 is 1.18 bits per heavy atom. The van der Waals surface area contributed by atoms with Gasteiger partial charge in [-0.25, -0.2) is 14.4 Å². The van der Waals surface area contributed by atoms with Gasteiger partial charge >= 0.3 is 0 Å². The molecule has 0 aliphatic carbocycles. The quantitative estimate of drug-likeness (QED) is 0.270. The number of amides is 1. The van der Waals surface area contributed by atoms with E-state index in [9.17, 15) is 14.0 Å². The Morgan fingerprint density at radius 2 is 2.03 bits per heavy atom. The van der Waals surface area contributed by atoms with E-state index in [-0.39, 0.29) is 23.0 Å². The van der Waals surface area contributed by atoms with Crippen molar-refractivity contribution in [3.8, 4) is 10.6 Å². The van der Waals surface area contributed by atoms with Crippen molar-refractivity contribution in [1.82, 2.24) is 30.0 Å². The molecule has 1 aromatic carbocycles. The molecule has 0 unspecified atom stereocenters. The first-order chi connectivity index (χ1) is 18.9. The Balaban J connectivity index is 1.17. The Morgan fingerprint density at radius 3 is 2.87 bits per heavy atom. The molecule has 196 valence electrons. The molecule has 0 saturated heterocycles. The molecule has 4 aromatic heterocycles. The number of fused-ring (bicyclic) bond motifs is 2. The number of aromatic nitrogens is 5.